The third kappa shape index (κ3) is 3.91. The molecule has 0 spiro atoms. The minimum atomic E-state index is -0.905. The first-order valence-electron chi connectivity index (χ1n) is 24.7. The maximum absolute atomic E-state index is 9.56. The summed E-state index contributed by atoms with van der Waals surface area (Å²) in [7, 11) is 0. The molecule has 0 amide bonds. The van der Waals surface area contributed by atoms with Gasteiger partial charge < -0.3 is 8.98 Å². The average molecular weight is 589 g/mol. The average Bonchev–Trinajstić information content (AvgIpc) is 3.89. The van der Waals surface area contributed by atoms with E-state index < -0.39 is 229 Å². The summed E-state index contributed by atoms with van der Waals surface area (Å²) in [5.74, 6) is -2.24. The molecule has 0 fully saturated rings. The predicted octanol–water partition coefficient (Wildman–Crippen LogP) is 9.87. The number of hydrogen-bond acceptors (Lipinski definition) is 4. The summed E-state index contributed by atoms with van der Waals surface area (Å²) in [5.41, 5.74) is -4.86. The van der Waals surface area contributed by atoms with Crippen molar-refractivity contribution in [3.63, 3.8) is 0 Å². The molecule has 0 bridgehead atoms. The quantitative estimate of drug-likeness (QED) is 0.205. The Bertz CT molecular complexity index is 3640. The lowest BCUT2D eigenvalue weighted by Crippen LogP contribution is -2.00. The fraction of sp³-hybridized carbons (Fsp3) is 0. The summed E-state index contributed by atoms with van der Waals surface area (Å²) in [6, 6.07) is -19.5. The molecule has 5 heteroatoms. The lowest BCUT2D eigenvalue weighted by Gasteiger charge is -2.08. The molecule has 0 aliphatic carbocycles. The van der Waals surface area contributed by atoms with Gasteiger partial charge in [0.25, 0.3) is 0 Å². The Hall–Kier alpha value is -6.07. The molecule has 0 saturated heterocycles. The van der Waals surface area contributed by atoms with Crippen LogP contribution in [0.4, 0.5) is 0 Å². The zero-order chi connectivity index (χ0) is 49.9. The van der Waals surface area contributed by atoms with E-state index in [1.807, 2.05) is 0 Å². The van der Waals surface area contributed by atoms with E-state index in [1.54, 1.807) is 0 Å². The molecule has 0 aliphatic rings. The highest BCUT2D eigenvalue weighted by molar-refractivity contribution is 6.10. The molecule has 206 valence electrons. The van der Waals surface area contributed by atoms with Crippen LogP contribution in [0.3, 0.4) is 0 Å². The Kier molecular flexibility index (Phi) is 2.34. The normalized spacial score (nSPS) is 19.3. The van der Waals surface area contributed by atoms with E-state index in [0.717, 1.165) is 4.57 Å². The highest BCUT2D eigenvalue weighted by Gasteiger charge is 2.16. The molecule has 9 rings (SSSR count). The lowest BCUT2D eigenvalue weighted by molar-refractivity contribution is 0.669. The van der Waals surface area contributed by atoms with Crippen molar-refractivity contribution >= 4 is 43.7 Å². The molecule has 3 heterocycles. The Morgan fingerprint density at radius 2 is 0.977 bits per heavy atom. The van der Waals surface area contributed by atoms with Gasteiger partial charge >= 0.3 is 0 Å². The van der Waals surface area contributed by atoms with Crippen LogP contribution >= 0.6 is 0 Å². The zero-order valence-electron chi connectivity index (χ0n) is 45.7. The van der Waals surface area contributed by atoms with E-state index >= 15 is 0 Å². The van der Waals surface area contributed by atoms with Gasteiger partial charge in [-0.3, -0.25) is 0 Å². The fourth-order valence-electron chi connectivity index (χ4n) is 4.68. The van der Waals surface area contributed by atoms with Crippen molar-refractivity contribution in [3.05, 3.63) is 145 Å². The van der Waals surface area contributed by atoms with Crippen molar-refractivity contribution in [2.45, 2.75) is 0 Å². The Morgan fingerprint density at radius 1 is 0.432 bits per heavy atom. The first-order chi connectivity index (χ1) is 31.8. The number of benzene rings is 6. The van der Waals surface area contributed by atoms with Crippen LogP contribution in [-0.4, -0.2) is 19.5 Å². The third-order valence-electron chi connectivity index (χ3n) is 6.56. The Balaban J connectivity index is 1.42. The van der Waals surface area contributed by atoms with E-state index in [0.29, 0.717) is 0 Å². The SMILES string of the molecule is [2H]c1c([2H])c([2H])c(-c2nc(-c3c([2H])c([2H])c([2H])c([2H])c3[2H])nc(-c3c([2H])c([2H])c4c(oc5c([2H])c([2H])c(-n6c7c([2H])c([2H])c([2H])c([2H])c7c7c([2H])c([2H])c([2H])c([2H])c76)c([2H])c54)c3[2H])n2)c([2H])c1[2H]. The van der Waals surface area contributed by atoms with Crippen LogP contribution in [-0.2, 0) is 0 Å². The summed E-state index contributed by atoms with van der Waals surface area (Å²) in [5, 5.41) is -1.76. The monoisotopic (exact) mass is 588 g/mol. The van der Waals surface area contributed by atoms with E-state index in [2.05, 4.69) is 15.0 Å². The molecule has 0 N–H and O–H groups in total. The number of nitrogens with zero attached hydrogens (tertiary/aromatic N) is 4. The van der Waals surface area contributed by atoms with Gasteiger partial charge in [0.15, 0.2) is 17.5 Å². The second-order valence-corrected chi connectivity index (χ2v) is 9.07. The summed E-state index contributed by atoms with van der Waals surface area (Å²) >= 11 is 0. The van der Waals surface area contributed by atoms with Crippen molar-refractivity contribution in [1.29, 1.82) is 0 Å². The van der Waals surface area contributed by atoms with E-state index in [1.165, 1.54) is 0 Å². The van der Waals surface area contributed by atoms with Gasteiger partial charge in [0.05, 0.1) is 43.9 Å². The van der Waals surface area contributed by atoms with Gasteiger partial charge in [-0.2, -0.15) is 0 Å². The minimum absolute atomic E-state index is 0.392. The van der Waals surface area contributed by atoms with Gasteiger partial charge in [-0.05, 0) is 42.3 Å². The lowest BCUT2D eigenvalue weighted by atomic mass is 10.1. The van der Waals surface area contributed by atoms with Gasteiger partial charge in [-0.1, -0.05) is 103 Å². The molecule has 0 atom stereocenters. The number of hydrogen-bond donors (Lipinski definition) is 0. The molecule has 3 aromatic heterocycles. The molecular formula is C39H24N4O. The zero-order valence-corrected chi connectivity index (χ0v) is 21.7. The smallest absolute Gasteiger partial charge is 0.164 e. The van der Waals surface area contributed by atoms with Crippen molar-refractivity contribution < 1.29 is 37.3 Å². The van der Waals surface area contributed by atoms with Crippen LogP contribution in [0.15, 0.2) is 149 Å². The first kappa shape index (κ1) is 10.6. The summed E-state index contributed by atoms with van der Waals surface area (Å²) in [6.45, 7) is 0. The third-order valence-corrected chi connectivity index (χ3v) is 6.56. The van der Waals surface area contributed by atoms with Crippen molar-refractivity contribution in [2.24, 2.45) is 0 Å². The van der Waals surface area contributed by atoms with Crippen molar-refractivity contribution in [3.8, 4) is 39.9 Å². The molecule has 0 aliphatic heterocycles. The molecular weight excluding hydrogens is 540 g/mol. The molecule has 0 radical (unpaired) electrons. The van der Waals surface area contributed by atoms with E-state index in [-0.39, 0.29) is 0 Å². The Labute approximate surface area is 286 Å². The summed E-state index contributed by atoms with van der Waals surface area (Å²) in [4.78, 5) is 12.7. The molecule has 0 saturated carbocycles. The largest absolute Gasteiger partial charge is 0.456 e. The summed E-state index contributed by atoms with van der Waals surface area (Å²) in [6.07, 6.45) is 0. The molecule has 9 aromatic rings. The van der Waals surface area contributed by atoms with Crippen LogP contribution in [0.25, 0.3) is 83.6 Å². The van der Waals surface area contributed by atoms with Gasteiger partial charge in [-0.25, -0.2) is 15.0 Å². The molecule has 44 heavy (non-hydrogen) atoms. The topological polar surface area (TPSA) is 56.7 Å². The van der Waals surface area contributed by atoms with Crippen LogP contribution in [0.1, 0.15) is 32.9 Å². The number of rotatable bonds is 4. The predicted molar refractivity (Wildman–Crippen MR) is 178 cm³/mol. The van der Waals surface area contributed by atoms with Crippen LogP contribution in [0.5, 0.6) is 0 Å². The second kappa shape index (κ2) is 9.75. The highest BCUT2D eigenvalue weighted by Crippen LogP contribution is 2.36. The van der Waals surface area contributed by atoms with E-state index in [9.17, 15) is 6.85 Å². The molecule has 6 aromatic carbocycles. The van der Waals surface area contributed by atoms with Crippen molar-refractivity contribution in [1.82, 2.24) is 19.5 Å². The summed E-state index contributed by atoms with van der Waals surface area (Å²) < 4.78 is 215. The molecule has 0 unspecified atom stereocenters. The van der Waals surface area contributed by atoms with Gasteiger partial charge in [0.2, 0.25) is 0 Å². The van der Waals surface area contributed by atoms with Crippen LogP contribution in [0, 0.1) is 0 Å². The molecule has 5 nitrogen and oxygen atoms in total. The fourth-order valence-corrected chi connectivity index (χ4v) is 4.68. The number of para-hydroxylation sites is 2. The number of furan rings is 1. The van der Waals surface area contributed by atoms with Crippen LogP contribution in [0.2, 0.25) is 0 Å². The minimum Gasteiger partial charge on any atom is -0.456 e. The number of aromatic nitrogens is 4. The van der Waals surface area contributed by atoms with Gasteiger partial charge in [-0.15, -0.1) is 0 Å². The standard InChI is InChI=1S/C39H24N4O/c1-3-11-25(12-4-1)37-40-38(26-13-5-2-6-14-26)42-39(41-37)27-19-21-31-32-24-28(20-22-35(32)44-36(31)23-27)43-33-17-9-7-15-29(33)30-16-8-10-18-34(30)43/h1-24H/i1D,2D,3D,4D,5D,6D,7D,8D,9D,10D,11D,12D,13D,14D,15D,16D,17D,18D,19D,20D,21D,22D,23D,24D. The number of fused-ring (bicyclic) bond motifs is 6. The van der Waals surface area contributed by atoms with Crippen molar-refractivity contribution in [2.75, 3.05) is 0 Å². The maximum atomic E-state index is 9.56. The Morgan fingerprint density at radius 3 is 1.59 bits per heavy atom. The first-order valence-corrected chi connectivity index (χ1v) is 12.7. The van der Waals surface area contributed by atoms with E-state index in [4.69, 9.17) is 30.5 Å². The second-order valence-electron chi connectivity index (χ2n) is 9.07. The highest BCUT2D eigenvalue weighted by atomic mass is 16.3. The van der Waals surface area contributed by atoms with Gasteiger partial charge in [0, 0.05) is 43.9 Å². The van der Waals surface area contributed by atoms with Gasteiger partial charge in [0.1, 0.15) is 11.2 Å². The maximum Gasteiger partial charge on any atom is 0.164 e. The van der Waals surface area contributed by atoms with Crippen LogP contribution < -0.4 is 0 Å².